The van der Waals surface area contributed by atoms with Gasteiger partial charge in [-0.1, -0.05) is 0 Å². The lowest BCUT2D eigenvalue weighted by atomic mass is 9.76. The summed E-state index contributed by atoms with van der Waals surface area (Å²) in [6, 6.07) is 4.10. The van der Waals surface area contributed by atoms with Gasteiger partial charge in [-0.15, -0.1) is 0 Å². The van der Waals surface area contributed by atoms with Crippen LogP contribution in [-0.2, 0) is 20.8 Å². The zero-order valence-electron chi connectivity index (χ0n) is 15.6. The molecule has 2 aliphatic heterocycles. The Bertz CT molecular complexity index is 576. The molecular weight excluding hydrogens is 320 g/mol. The van der Waals surface area contributed by atoms with Gasteiger partial charge in [-0.3, -0.25) is 9.69 Å². The van der Waals surface area contributed by atoms with Crippen LogP contribution in [-0.4, -0.2) is 68.8 Å². The lowest BCUT2D eigenvalue weighted by molar-refractivity contribution is -0.134. The minimum absolute atomic E-state index is 0.00539. The van der Waals surface area contributed by atoms with Crippen molar-refractivity contribution in [3.63, 3.8) is 0 Å². The van der Waals surface area contributed by atoms with E-state index in [9.17, 15) is 4.79 Å². The molecule has 3 heterocycles. The molecule has 25 heavy (non-hydrogen) atoms. The third kappa shape index (κ3) is 4.84. The number of carbonyl (C=O) groups excluding carboxylic acids is 1. The maximum Gasteiger partial charge on any atom is 0.248 e. The van der Waals surface area contributed by atoms with Crippen LogP contribution in [0, 0.1) is 12.3 Å². The van der Waals surface area contributed by atoms with Gasteiger partial charge in [-0.25, -0.2) is 0 Å². The Morgan fingerprint density at radius 3 is 2.76 bits per heavy atom. The highest BCUT2D eigenvalue weighted by molar-refractivity contribution is 5.76. The molecule has 140 valence electrons. The van der Waals surface area contributed by atoms with Crippen molar-refractivity contribution in [3.8, 4) is 0 Å². The average Bonchev–Trinajstić information content (AvgIpc) is 3.16. The third-order valence-corrected chi connectivity index (χ3v) is 5.41. The third-order valence-electron chi connectivity index (χ3n) is 5.41. The van der Waals surface area contributed by atoms with Gasteiger partial charge in [0.15, 0.2) is 0 Å². The Balaban J connectivity index is 1.39. The topological polar surface area (TPSA) is 55.2 Å². The number of nitrogens with zero attached hydrogens (tertiary/aromatic N) is 2. The van der Waals surface area contributed by atoms with E-state index in [0.29, 0.717) is 6.61 Å². The zero-order valence-corrected chi connectivity index (χ0v) is 15.6. The molecule has 0 radical (unpaired) electrons. The second kappa shape index (κ2) is 7.89. The van der Waals surface area contributed by atoms with E-state index in [-0.39, 0.29) is 24.0 Å². The van der Waals surface area contributed by atoms with Crippen molar-refractivity contribution in [2.24, 2.45) is 5.41 Å². The van der Waals surface area contributed by atoms with E-state index in [0.717, 1.165) is 57.0 Å². The summed E-state index contributed by atoms with van der Waals surface area (Å²) in [6.45, 7) is 6.50. The van der Waals surface area contributed by atoms with Gasteiger partial charge >= 0.3 is 0 Å². The van der Waals surface area contributed by atoms with Crippen LogP contribution in [0.1, 0.15) is 30.8 Å². The number of rotatable bonds is 6. The van der Waals surface area contributed by atoms with Crippen molar-refractivity contribution in [3.05, 3.63) is 23.7 Å². The number of amides is 1. The van der Waals surface area contributed by atoms with Gasteiger partial charge in [0, 0.05) is 14.1 Å². The average molecular weight is 350 g/mol. The number of carbonyl (C=O) groups is 1. The number of hydrogen-bond acceptors (Lipinski definition) is 5. The predicted molar refractivity (Wildman–Crippen MR) is 94.3 cm³/mol. The Kier molecular flexibility index (Phi) is 5.81. The Morgan fingerprint density at radius 1 is 1.36 bits per heavy atom. The molecule has 0 unspecified atom stereocenters. The molecule has 2 saturated heterocycles. The molecule has 0 N–H and O–H groups in total. The zero-order chi connectivity index (χ0) is 17.9. The van der Waals surface area contributed by atoms with E-state index in [1.165, 1.54) is 0 Å². The second-order valence-electron chi connectivity index (χ2n) is 7.73. The van der Waals surface area contributed by atoms with E-state index in [1.807, 2.05) is 13.0 Å². The summed E-state index contributed by atoms with van der Waals surface area (Å²) >= 11 is 0. The van der Waals surface area contributed by atoms with E-state index in [1.54, 1.807) is 19.0 Å². The molecule has 2 fully saturated rings. The standard InChI is InChI=1S/C19H30N2O4/c1-15-4-5-16(25-15)11-21-8-6-19(7-9-21)10-17(24-14-19)12-23-13-18(22)20(2)3/h4-5,17H,6-14H2,1-3H3/t17-/m1/s1. The SMILES string of the molecule is Cc1ccc(CN2CCC3(CC2)CO[C@@H](COCC(=O)N(C)C)C3)o1. The molecule has 3 rings (SSSR count). The van der Waals surface area contributed by atoms with Gasteiger partial charge in [-0.05, 0) is 56.8 Å². The van der Waals surface area contributed by atoms with Gasteiger partial charge in [0.2, 0.25) is 5.91 Å². The number of likely N-dealkylation sites (tertiary alicyclic amines) is 1. The van der Waals surface area contributed by atoms with E-state index in [4.69, 9.17) is 13.9 Å². The lowest BCUT2D eigenvalue weighted by Crippen LogP contribution is -2.40. The van der Waals surface area contributed by atoms with Crippen molar-refractivity contribution in [2.45, 2.75) is 38.8 Å². The first-order chi connectivity index (χ1) is 12.0. The molecule has 1 spiro atoms. The van der Waals surface area contributed by atoms with Crippen LogP contribution in [0.4, 0.5) is 0 Å². The van der Waals surface area contributed by atoms with Crippen LogP contribution < -0.4 is 0 Å². The van der Waals surface area contributed by atoms with Gasteiger partial charge in [0.1, 0.15) is 18.1 Å². The maximum absolute atomic E-state index is 11.5. The molecule has 1 amide bonds. The summed E-state index contributed by atoms with van der Waals surface area (Å²) < 4.78 is 17.2. The minimum Gasteiger partial charge on any atom is -0.465 e. The highest BCUT2D eigenvalue weighted by atomic mass is 16.5. The van der Waals surface area contributed by atoms with Crippen molar-refractivity contribution < 1.29 is 18.7 Å². The molecule has 6 heteroatoms. The number of likely N-dealkylation sites (N-methyl/N-ethyl adjacent to an activating group) is 1. The minimum atomic E-state index is -0.00539. The number of piperidine rings is 1. The summed E-state index contributed by atoms with van der Waals surface area (Å²) in [4.78, 5) is 15.6. The quantitative estimate of drug-likeness (QED) is 0.786. The fraction of sp³-hybridized carbons (Fsp3) is 0.737. The number of hydrogen-bond donors (Lipinski definition) is 0. The van der Waals surface area contributed by atoms with Gasteiger partial charge in [-0.2, -0.15) is 0 Å². The molecule has 0 aliphatic carbocycles. The summed E-state index contributed by atoms with van der Waals surface area (Å²) in [5, 5.41) is 0. The van der Waals surface area contributed by atoms with E-state index < -0.39 is 0 Å². The summed E-state index contributed by atoms with van der Waals surface area (Å²) in [5.74, 6) is 2.02. The lowest BCUT2D eigenvalue weighted by Gasteiger charge is -2.38. The number of furan rings is 1. The molecule has 0 bridgehead atoms. The summed E-state index contributed by atoms with van der Waals surface area (Å²) in [6.07, 6.45) is 3.46. The van der Waals surface area contributed by atoms with Crippen LogP contribution >= 0.6 is 0 Å². The second-order valence-corrected chi connectivity index (χ2v) is 7.73. The first kappa shape index (κ1) is 18.4. The van der Waals surface area contributed by atoms with E-state index in [2.05, 4.69) is 11.0 Å². The fourth-order valence-electron chi connectivity index (χ4n) is 3.73. The summed E-state index contributed by atoms with van der Waals surface area (Å²) in [5.41, 5.74) is 0.287. The van der Waals surface area contributed by atoms with Crippen LogP contribution in [0.3, 0.4) is 0 Å². The first-order valence-electron chi connectivity index (χ1n) is 9.13. The Morgan fingerprint density at radius 2 is 2.12 bits per heavy atom. The molecule has 6 nitrogen and oxygen atoms in total. The Hall–Kier alpha value is -1.37. The Labute approximate surface area is 150 Å². The van der Waals surface area contributed by atoms with Crippen LogP contribution in [0.25, 0.3) is 0 Å². The van der Waals surface area contributed by atoms with Crippen LogP contribution in [0.15, 0.2) is 16.5 Å². The molecule has 1 aromatic heterocycles. The van der Waals surface area contributed by atoms with Crippen molar-refractivity contribution in [2.75, 3.05) is 47.0 Å². The molecule has 0 aromatic carbocycles. The predicted octanol–water partition coefficient (Wildman–Crippen LogP) is 2.06. The van der Waals surface area contributed by atoms with Gasteiger partial charge < -0.3 is 18.8 Å². The number of ether oxygens (including phenoxy) is 2. The summed E-state index contributed by atoms with van der Waals surface area (Å²) in [7, 11) is 3.48. The monoisotopic (exact) mass is 350 g/mol. The molecule has 1 atom stereocenters. The van der Waals surface area contributed by atoms with E-state index >= 15 is 0 Å². The first-order valence-corrected chi connectivity index (χ1v) is 9.13. The van der Waals surface area contributed by atoms with Crippen molar-refractivity contribution >= 4 is 5.91 Å². The largest absolute Gasteiger partial charge is 0.465 e. The number of aryl methyl sites for hydroxylation is 1. The molecular formula is C19H30N2O4. The van der Waals surface area contributed by atoms with Gasteiger partial charge in [0.25, 0.3) is 0 Å². The maximum atomic E-state index is 11.5. The molecule has 0 saturated carbocycles. The normalized spacial score (nSPS) is 23.2. The van der Waals surface area contributed by atoms with Crippen molar-refractivity contribution in [1.82, 2.24) is 9.80 Å². The highest BCUT2D eigenvalue weighted by Crippen LogP contribution is 2.42. The van der Waals surface area contributed by atoms with Crippen LogP contribution in [0.5, 0.6) is 0 Å². The molecule has 1 aromatic rings. The highest BCUT2D eigenvalue weighted by Gasteiger charge is 2.42. The van der Waals surface area contributed by atoms with Gasteiger partial charge in [0.05, 0.1) is 25.9 Å². The fourth-order valence-corrected chi connectivity index (χ4v) is 3.73. The van der Waals surface area contributed by atoms with Crippen molar-refractivity contribution in [1.29, 1.82) is 0 Å². The smallest absolute Gasteiger partial charge is 0.248 e. The molecule has 2 aliphatic rings. The van der Waals surface area contributed by atoms with Crippen LogP contribution in [0.2, 0.25) is 0 Å².